The highest BCUT2D eigenvalue weighted by molar-refractivity contribution is 6.74. The van der Waals surface area contributed by atoms with Crippen molar-refractivity contribution in [1.29, 1.82) is 0 Å². The number of ether oxygens (including phenoxy) is 1. The summed E-state index contributed by atoms with van der Waals surface area (Å²) in [5.74, 6) is -0.0444. The van der Waals surface area contributed by atoms with Crippen LogP contribution in [-0.4, -0.2) is 73.0 Å². The Morgan fingerprint density at radius 2 is 1.56 bits per heavy atom. The van der Waals surface area contributed by atoms with Gasteiger partial charge in [-0.1, -0.05) is 75.4 Å². The van der Waals surface area contributed by atoms with Crippen molar-refractivity contribution in [3.63, 3.8) is 0 Å². The van der Waals surface area contributed by atoms with Crippen molar-refractivity contribution >= 4 is 20.2 Å². The summed E-state index contributed by atoms with van der Waals surface area (Å²) in [6.45, 7) is 19.5. The van der Waals surface area contributed by atoms with Crippen molar-refractivity contribution in [2.45, 2.75) is 109 Å². The zero-order valence-corrected chi connectivity index (χ0v) is 28.9. The summed E-state index contributed by atoms with van der Waals surface area (Å²) >= 11 is 0. The number of aliphatic hydroxyl groups is 1. The second kappa shape index (κ2) is 14.1. The van der Waals surface area contributed by atoms with Crippen molar-refractivity contribution in [1.82, 2.24) is 9.80 Å². The first-order valence-corrected chi connectivity index (χ1v) is 18.5. The third kappa shape index (κ3) is 10.6. The van der Waals surface area contributed by atoms with Gasteiger partial charge >= 0.3 is 6.09 Å². The number of benzene rings is 2. The lowest BCUT2D eigenvalue weighted by molar-refractivity contribution is -0.0241. The van der Waals surface area contributed by atoms with E-state index in [0.717, 1.165) is 25.2 Å². The molecule has 1 atom stereocenters. The lowest BCUT2D eigenvalue weighted by Crippen LogP contribution is -2.45. The van der Waals surface area contributed by atoms with Crippen LogP contribution >= 0.6 is 0 Å². The highest BCUT2D eigenvalue weighted by Gasteiger charge is 2.40. The number of carbonyl (C=O) groups is 2. The summed E-state index contributed by atoms with van der Waals surface area (Å²) in [6.07, 6.45) is 1.30. The molecule has 1 unspecified atom stereocenters. The third-order valence-corrected chi connectivity index (χ3v) is 13.3. The molecule has 1 fully saturated rings. The van der Waals surface area contributed by atoms with Crippen LogP contribution in [0.25, 0.3) is 0 Å². The number of hydrogen-bond acceptors (Lipinski definition) is 6. The third-order valence-electron chi connectivity index (χ3n) is 8.80. The smallest absolute Gasteiger partial charge is 0.410 e. The van der Waals surface area contributed by atoms with Crippen LogP contribution in [0.1, 0.15) is 94.8 Å². The molecule has 0 aliphatic carbocycles. The Morgan fingerprint density at radius 1 is 0.977 bits per heavy atom. The van der Waals surface area contributed by atoms with Gasteiger partial charge in [0.1, 0.15) is 5.60 Å². The van der Waals surface area contributed by atoms with E-state index in [2.05, 4.69) is 50.9 Å². The van der Waals surface area contributed by atoms with Crippen molar-refractivity contribution in [2.75, 3.05) is 26.7 Å². The van der Waals surface area contributed by atoms with Gasteiger partial charge in [0.25, 0.3) is 0 Å². The van der Waals surface area contributed by atoms with E-state index in [-0.39, 0.29) is 29.4 Å². The summed E-state index contributed by atoms with van der Waals surface area (Å²) in [7, 11) is -0.386. The first-order chi connectivity index (χ1) is 19.9. The number of amides is 1. The van der Waals surface area contributed by atoms with Gasteiger partial charge in [-0.15, -0.1) is 0 Å². The lowest BCUT2D eigenvalue weighted by atomic mass is 9.85. The van der Waals surface area contributed by atoms with Crippen LogP contribution < -0.4 is 0 Å². The standard InChI is InChI=1S/C35H54N2O5Si/c1-33(2,3)41-32(39)36(7)22-19-31(42-43(8,9)34(4,5)6)29-17-15-28(16-18-29)30(38)25-35(40)20-23-37(24-21-35)26-27-13-11-10-12-14-27/h10-18,31,40H,19-26H2,1-9H3. The molecule has 1 aliphatic heterocycles. The minimum Gasteiger partial charge on any atom is -0.444 e. The first-order valence-electron chi connectivity index (χ1n) is 15.6. The maximum absolute atomic E-state index is 13.3. The van der Waals surface area contributed by atoms with Gasteiger partial charge in [-0.05, 0) is 69.3 Å². The van der Waals surface area contributed by atoms with E-state index < -0.39 is 19.5 Å². The molecule has 3 rings (SSSR count). The number of Topliss-reactive ketones (excluding diaryl/α,β-unsaturated/α-hetero) is 1. The Kier molecular flexibility index (Phi) is 11.4. The second-order valence-corrected chi connectivity index (χ2v) is 19.5. The number of nitrogens with zero attached hydrogens (tertiary/aromatic N) is 2. The summed E-state index contributed by atoms with van der Waals surface area (Å²) in [5, 5.41) is 11.3. The Balaban J connectivity index is 1.65. The molecule has 1 N–H and O–H groups in total. The van der Waals surface area contributed by atoms with Gasteiger partial charge in [-0.2, -0.15) is 0 Å². The molecule has 0 bridgehead atoms. The molecule has 1 saturated heterocycles. The summed E-state index contributed by atoms with van der Waals surface area (Å²) in [5.41, 5.74) is 1.30. The SMILES string of the molecule is CN(CCC(O[Si](C)(C)C(C)(C)C)c1ccc(C(=O)CC2(O)CCN(Cc3ccccc3)CC2)cc1)C(=O)OC(C)(C)C. The van der Waals surface area contributed by atoms with Crippen LogP contribution in [0.3, 0.4) is 0 Å². The van der Waals surface area contributed by atoms with E-state index in [0.29, 0.717) is 31.4 Å². The summed E-state index contributed by atoms with van der Waals surface area (Å²) in [4.78, 5) is 29.8. The first kappa shape index (κ1) is 35.0. The van der Waals surface area contributed by atoms with Gasteiger partial charge in [0.05, 0.1) is 11.7 Å². The topological polar surface area (TPSA) is 79.3 Å². The molecule has 2 aromatic rings. The van der Waals surface area contributed by atoms with Crippen molar-refractivity contribution < 1.29 is 23.9 Å². The number of hydrogen-bond donors (Lipinski definition) is 1. The normalized spacial score (nSPS) is 16.9. The molecular formula is C35H54N2O5Si. The van der Waals surface area contributed by atoms with Gasteiger partial charge in [0, 0.05) is 45.2 Å². The van der Waals surface area contributed by atoms with Crippen LogP contribution in [0.2, 0.25) is 18.1 Å². The molecule has 7 nitrogen and oxygen atoms in total. The van der Waals surface area contributed by atoms with Crippen molar-refractivity contribution in [3.8, 4) is 0 Å². The molecule has 0 aromatic heterocycles. The molecule has 1 aliphatic rings. The monoisotopic (exact) mass is 610 g/mol. The average Bonchev–Trinajstić information content (AvgIpc) is 2.91. The van der Waals surface area contributed by atoms with Gasteiger partial charge < -0.3 is 19.2 Å². The van der Waals surface area contributed by atoms with E-state index in [9.17, 15) is 14.7 Å². The van der Waals surface area contributed by atoms with Crippen LogP contribution in [0.4, 0.5) is 4.79 Å². The Labute approximate surface area is 260 Å². The molecule has 43 heavy (non-hydrogen) atoms. The molecule has 0 saturated carbocycles. The highest BCUT2D eigenvalue weighted by Crippen LogP contribution is 2.40. The van der Waals surface area contributed by atoms with E-state index in [1.54, 1.807) is 11.9 Å². The van der Waals surface area contributed by atoms with Crippen molar-refractivity contribution in [3.05, 3.63) is 71.3 Å². The van der Waals surface area contributed by atoms with Crippen molar-refractivity contribution in [2.24, 2.45) is 0 Å². The average molecular weight is 611 g/mol. The van der Waals surface area contributed by atoms with Gasteiger partial charge in [-0.3, -0.25) is 9.69 Å². The molecule has 2 aromatic carbocycles. The van der Waals surface area contributed by atoms with E-state index in [4.69, 9.17) is 9.16 Å². The predicted octanol–water partition coefficient (Wildman–Crippen LogP) is 7.61. The summed E-state index contributed by atoms with van der Waals surface area (Å²) in [6, 6.07) is 18.0. The van der Waals surface area contributed by atoms with Crippen LogP contribution in [0.15, 0.2) is 54.6 Å². The number of rotatable bonds is 11. The molecule has 238 valence electrons. The number of carbonyl (C=O) groups excluding carboxylic acids is 2. The quantitative estimate of drug-likeness (QED) is 0.208. The second-order valence-electron chi connectivity index (χ2n) is 14.8. The van der Waals surface area contributed by atoms with Gasteiger partial charge in [0.2, 0.25) is 0 Å². The Morgan fingerprint density at radius 3 is 2.09 bits per heavy atom. The maximum atomic E-state index is 13.3. The van der Waals surface area contributed by atoms with Gasteiger partial charge in [-0.25, -0.2) is 4.79 Å². The maximum Gasteiger partial charge on any atom is 0.410 e. The largest absolute Gasteiger partial charge is 0.444 e. The molecule has 0 radical (unpaired) electrons. The number of ketones is 1. The van der Waals surface area contributed by atoms with Crippen LogP contribution in [0.5, 0.6) is 0 Å². The number of piperidine rings is 1. The molecule has 1 heterocycles. The molecular weight excluding hydrogens is 556 g/mol. The minimum atomic E-state index is -2.13. The molecule has 1 amide bonds. The fourth-order valence-corrected chi connectivity index (χ4v) is 6.32. The van der Waals surface area contributed by atoms with Crippen LogP contribution in [-0.2, 0) is 15.7 Å². The Hall–Kier alpha value is -2.52. The van der Waals surface area contributed by atoms with E-state index >= 15 is 0 Å². The summed E-state index contributed by atoms with van der Waals surface area (Å²) < 4.78 is 12.4. The highest BCUT2D eigenvalue weighted by atomic mass is 28.4. The molecule has 0 spiro atoms. The van der Waals surface area contributed by atoms with E-state index in [1.165, 1.54) is 5.56 Å². The fourth-order valence-electron chi connectivity index (χ4n) is 5.00. The lowest BCUT2D eigenvalue weighted by Gasteiger charge is -2.40. The predicted molar refractivity (Wildman–Crippen MR) is 176 cm³/mol. The zero-order valence-electron chi connectivity index (χ0n) is 27.9. The Bertz CT molecular complexity index is 1190. The zero-order chi connectivity index (χ0) is 32.1. The van der Waals surface area contributed by atoms with Gasteiger partial charge in [0.15, 0.2) is 14.1 Å². The number of likely N-dealkylation sites (tertiary alicyclic amines) is 1. The fraction of sp³-hybridized carbons (Fsp3) is 0.600. The van der Waals surface area contributed by atoms with E-state index in [1.807, 2.05) is 63.2 Å². The van der Waals surface area contributed by atoms with Crippen LogP contribution in [0, 0.1) is 0 Å². The minimum absolute atomic E-state index is 0.0182. The molecule has 8 heteroatoms.